The number of benzene rings is 1. The second-order valence-electron chi connectivity index (χ2n) is 3.70. The van der Waals surface area contributed by atoms with Crippen LogP contribution < -0.4 is 0 Å². The predicted molar refractivity (Wildman–Crippen MR) is 63.5 cm³/mol. The molecular formula is C13H20O3. The number of hydrogen-bond donors (Lipinski definition) is 1. The van der Waals surface area contributed by atoms with Gasteiger partial charge in [0.05, 0.1) is 19.8 Å². The molecule has 0 radical (unpaired) electrons. The maximum atomic E-state index is 9.80. The lowest BCUT2D eigenvalue weighted by Gasteiger charge is -2.11. The van der Waals surface area contributed by atoms with Crippen molar-refractivity contribution in [1.29, 1.82) is 0 Å². The number of aliphatic hydroxyl groups is 1. The summed E-state index contributed by atoms with van der Waals surface area (Å²) in [4.78, 5) is 0. The van der Waals surface area contributed by atoms with Crippen molar-refractivity contribution in [3.8, 4) is 0 Å². The van der Waals surface area contributed by atoms with Crippen LogP contribution in [0.15, 0.2) is 24.3 Å². The van der Waals surface area contributed by atoms with Gasteiger partial charge in [-0.2, -0.15) is 0 Å². The smallest absolute Gasteiger partial charge is 0.102 e. The first-order valence-corrected chi connectivity index (χ1v) is 5.64. The van der Waals surface area contributed by atoms with Crippen molar-refractivity contribution in [3.63, 3.8) is 0 Å². The summed E-state index contributed by atoms with van der Waals surface area (Å²) >= 11 is 0. The Morgan fingerprint density at radius 3 is 2.38 bits per heavy atom. The molecule has 1 aromatic carbocycles. The molecule has 0 amide bonds. The van der Waals surface area contributed by atoms with Crippen molar-refractivity contribution in [1.82, 2.24) is 0 Å². The molecule has 3 heteroatoms. The van der Waals surface area contributed by atoms with Crippen LogP contribution in [0, 0.1) is 6.92 Å². The van der Waals surface area contributed by atoms with Crippen LogP contribution in [-0.4, -0.2) is 31.5 Å². The number of aliphatic hydroxyl groups excluding tert-OH is 1. The van der Waals surface area contributed by atoms with E-state index in [9.17, 15) is 5.11 Å². The van der Waals surface area contributed by atoms with Gasteiger partial charge in [0.1, 0.15) is 6.10 Å². The molecule has 0 saturated carbocycles. The van der Waals surface area contributed by atoms with Crippen molar-refractivity contribution in [2.24, 2.45) is 0 Å². The largest absolute Gasteiger partial charge is 0.386 e. The first-order chi connectivity index (χ1) is 7.74. The molecule has 0 saturated heterocycles. The molecule has 3 nitrogen and oxygen atoms in total. The van der Waals surface area contributed by atoms with Crippen LogP contribution in [0.4, 0.5) is 0 Å². The van der Waals surface area contributed by atoms with Gasteiger partial charge in [-0.25, -0.2) is 0 Å². The Balaban J connectivity index is 2.24. The third-order valence-corrected chi connectivity index (χ3v) is 2.31. The lowest BCUT2D eigenvalue weighted by atomic mass is 10.1. The van der Waals surface area contributed by atoms with Gasteiger partial charge in [-0.05, 0) is 19.4 Å². The Bertz CT molecular complexity index is 282. The summed E-state index contributed by atoms with van der Waals surface area (Å²) in [7, 11) is 0. The van der Waals surface area contributed by atoms with Crippen LogP contribution in [0.2, 0.25) is 0 Å². The van der Waals surface area contributed by atoms with E-state index in [1.165, 1.54) is 5.56 Å². The van der Waals surface area contributed by atoms with E-state index in [4.69, 9.17) is 9.47 Å². The van der Waals surface area contributed by atoms with Crippen molar-refractivity contribution in [3.05, 3.63) is 35.4 Å². The zero-order chi connectivity index (χ0) is 11.8. The Kier molecular flexibility index (Phi) is 6.08. The molecule has 0 spiro atoms. The number of rotatable bonds is 7. The van der Waals surface area contributed by atoms with Crippen LogP contribution in [0.25, 0.3) is 0 Å². The summed E-state index contributed by atoms with van der Waals surface area (Å²) in [5, 5.41) is 9.80. The summed E-state index contributed by atoms with van der Waals surface area (Å²) in [6.45, 7) is 6.09. The van der Waals surface area contributed by atoms with Gasteiger partial charge in [-0.3, -0.25) is 0 Å². The van der Waals surface area contributed by atoms with E-state index in [0.29, 0.717) is 26.4 Å². The average molecular weight is 224 g/mol. The van der Waals surface area contributed by atoms with E-state index in [1.54, 1.807) is 0 Å². The first kappa shape index (κ1) is 13.2. The zero-order valence-electron chi connectivity index (χ0n) is 9.98. The molecule has 1 rings (SSSR count). The average Bonchev–Trinajstić information content (AvgIpc) is 2.29. The summed E-state index contributed by atoms with van der Waals surface area (Å²) in [5.74, 6) is 0. The van der Waals surface area contributed by atoms with E-state index in [0.717, 1.165) is 5.56 Å². The second kappa shape index (κ2) is 7.39. The van der Waals surface area contributed by atoms with E-state index in [1.807, 2.05) is 38.1 Å². The SMILES string of the molecule is CCOCCOCC(O)c1ccc(C)cc1. The third kappa shape index (κ3) is 4.75. The van der Waals surface area contributed by atoms with Crippen LogP contribution >= 0.6 is 0 Å². The Labute approximate surface area is 97.0 Å². The molecule has 0 aromatic heterocycles. The topological polar surface area (TPSA) is 38.7 Å². The highest BCUT2D eigenvalue weighted by molar-refractivity contribution is 5.23. The fraction of sp³-hybridized carbons (Fsp3) is 0.538. The van der Waals surface area contributed by atoms with Gasteiger partial charge in [0, 0.05) is 6.61 Å². The van der Waals surface area contributed by atoms with Crippen LogP contribution in [0.1, 0.15) is 24.2 Å². The Morgan fingerprint density at radius 2 is 1.75 bits per heavy atom. The van der Waals surface area contributed by atoms with Crippen molar-refractivity contribution < 1.29 is 14.6 Å². The molecule has 1 aromatic rings. The van der Waals surface area contributed by atoms with Crippen LogP contribution in [-0.2, 0) is 9.47 Å². The number of hydrogen-bond acceptors (Lipinski definition) is 3. The number of aryl methyl sites for hydroxylation is 1. The fourth-order valence-electron chi connectivity index (χ4n) is 1.34. The van der Waals surface area contributed by atoms with E-state index in [-0.39, 0.29) is 0 Å². The quantitative estimate of drug-likeness (QED) is 0.721. The van der Waals surface area contributed by atoms with E-state index >= 15 is 0 Å². The van der Waals surface area contributed by atoms with Crippen LogP contribution in [0.3, 0.4) is 0 Å². The maximum absolute atomic E-state index is 9.80. The minimum Gasteiger partial charge on any atom is -0.386 e. The molecular weight excluding hydrogens is 204 g/mol. The summed E-state index contributed by atoms with van der Waals surface area (Å²) in [6, 6.07) is 7.81. The van der Waals surface area contributed by atoms with Gasteiger partial charge in [0.15, 0.2) is 0 Å². The highest BCUT2D eigenvalue weighted by atomic mass is 16.5. The lowest BCUT2D eigenvalue weighted by molar-refractivity contribution is 0.00531. The van der Waals surface area contributed by atoms with Crippen molar-refractivity contribution in [2.75, 3.05) is 26.4 Å². The molecule has 0 aliphatic rings. The summed E-state index contributed by atoms with van der Waals surface area (Å²) < 4.78 is 10.4. The van der Waals surface area contributed by atoms with Gasteiger partial charge in [-0.15, -0.1) is 0 Å². The molecule has 1 N–H and O–H groups in total. The van der Waals surface area contributed by atoms with E-state index < -0.39 is 6.10 Å². The number of ether oxygens (including phenoxy) is 2. The van der Waals surface area contributed by atoms with E-state index in [2.05, 4.69) is 0 Å². The second-order valence-corrected chi connectivity index (χ2v) is 3.70. The van der Waals surface area contributed by atoms with Gasteiger partial charge in [0.25, 0.3) is 0 Å². The maximum Gasteiger partial charge on any atom is 0.102 e. The molecule has 0 fully saturated rings. The Morgan fingerprint density at radius 1 is 1.12 bits per heavy atom. The van der Waals surface area contributed by atoms with Gasteiger partial charge < -0.3 is 14.6 Å². The molecule has 90 valence electrons. The normalized spacial score (nSPS) is 12.7. The van der Waals surface area contributed by atoms with Crippen molar-refractivity contribution in [2.45, 2.75) is 20.0 Å². The molecule has 0 aliphatic heterocycles. The zero-order valence-corrected chi connectivity index (χ0v) is 9.98. The minimum absolute atomic E-state index is 0.316. The molecule has 0 aliphatic carbocycles. The molecule has 16 heavy (non-hydrogen) atoms. The highest BCUT2D eigenvalue weighted by Crippen LogP contribution is 2.13. The van der Waals surface area contributed by atoms with Gasteiger partial charge in [0.2, 0.25) is 0 Å². The molecule has 0 heterocycles. The Hall–Kier alpha value is -0.900. The summed E-state index contributed by atoms with van der Waals surface area (Å²) in [6.07, 6.45) is -0.553. The fourth-order valence-corrected chi connectivity index (χ4v) is 1.34. The predicted octanol–water partition coefficient (Wildman–Crippen LogP) is 2.08. The van der Waals surface area contributed by atoms with Crippen LogP contribution in [0.5, 0.6) is 0 Å². The first-order valence-electron chi connectivity index (χ1n) is 5.64. The molecule has 1 atom stereocenters. The monoisotopic (exact) mass is 224 g/mol. The molecule has 0 bridgehead atoms. The lowest BCUT2D eigenvalue weighted by Crippen LogP contribution is -2.11. The van der Waals surface area contributed by atoms with Crippen molar-refractivity contribution >= 4 is 0 Å². The minimum atomic E-state index is -0.553. The van der Waals surface area contributed by atoms with Gasteiger partial charge in [-0.1, -0.05) is 29.8 Å². The summed E-state index contributed by atoms with van der Waals surface area (Å²) in [5.41, 5.74) is 2.08. The third-order valence-electron chi connectivity index (χ3n) is 2.31. The highest BCUT2D eigenvalue weighted by Gasteiger charge is 2.06. The standard InChI is InChI=1S/C13H20O3/c1-3-15-8-9-16-10-13(14)12-6-4-11(2)5-7-12/h4-7,13-14H,3,8-10H2,1-2H3. The molecule has 1 unspecified atom stereocenters. The van der Waals surface area contributed by atoms with Gasteiger partial charge >= 0.3 is 0 Å².